The van der Waals surface area contributed by atoms with Crippen LogP contribution in [0.5, 0.6) is 5.75 Å². The fourth-order valence-electron chi connectivity index (χ4n) is 5.30. The van der Waals surface area contributed by atoms with Gasteiger partial charge < -0.3 is 14.6 Å². The molecular weight excluding hydrogens is 416 g/mol. The molecule has 3 aromatic heterocycles. The fraction of sp³-hybridized carbons (Fsp3) is 0.480. The molecule has 1 aliphatic rings. The molecule has 1 N–H and O–H groups in total. The third-order valence-corrected chi connectivity index (χ3v) is 7.14. The van der Waals surface area contributed by atoms with Gasteiger partial charge in [0.25, 0.3) is 0 Å². The van der Waals surface area contributed by atoms with Crippen LogP contribution in [0.4, 0.5) is 0 Å². The van der Waals surface area contributed by atoms with E-state index in [1.54, 1.807) is 11.6 Å². The molecule has 1 aliphatic carbocycles. The van der Waals surface area contributed by atoms with Crippen molar-refractivity contribution in [2.24, 2.45) is 0 Å². The Morgan fingerprint density at radius 2 is 1.91 bits per heavy atom. The highest BCUT2D eigenvalue weighted by Crippen LogP contribution is 2.37. The predicted octanol–water partition coefficient (Wildman–Crippen LogP) is 4.22. The highest BCUT2D eigenvalue weighted by Gasteiger charge is 2.26. The maximum atomic E-state index is 13.1. The average molecular weight is 449 g/mol. The summed E-state index contributed by atoms with van der Waals surface area (Å²) in [6.45, 7) is 4.38. The maximum absolute atomic E-state index is 13.1. The third-order valence-electron chi connectivity index (χ3n) is 7.14. The largest absolute Gasteiger partial charge is 0.493 e. The molecule has 174 valence electrons. The minimum Gasteiger partial charge on any atom is -0.493 e. The summed E-state index contributed by atoms with van der Waals surface area (Å²) in [7, 11) is 5.93. The van der Waals surface area contributed by atoms with Gasteiger partial charge in [-0.3, -0.25) is 4.57 Å². The second-order valence-electron chi connectivity index (χ2n) is 9.66. The van der Waals surface area contributed by atoms with Gasteiger partial charge in [0, 0.05) is 23.8 Å². The molecule has 33 heavy (non-hydrogen) atoms. The lowest BCUT2D eigenvalue weighted by Crippen LogP contribution is -2.34. The number of H-pyrrole nitrogens is 1. The zero-order valence-corrected chi connectivity index (χ0v) is 20.0. The number of nitrogens with zero attached hydrogens (tertiary/aromatic N) is 5. The van der Waals surface area contributed by atoms with E-state index in [0.29, 0.717) is 17.4 Å². The number of rotatable bonds is 5. The minimum atomic E-state index is -0.0190. The molecule has 0 atom stereocenters. The average Bonchev–Trinajstić information content (AvgIpc) is 3.40. The molecule has 1 fully saturated rings. The quantitative estimate of drug-likeness (QED) is 0.495. The van der Waals surface area contributed by atoms with Gasteiger partial charge in [0.2, 0.25) is 0 Å². The lowest BCUT2D eigenvalue weighted by atomic mass is 9.89. The van der Waals surface area contributed by atoms with Gasteiger partial charge in [-0.05, 0) is 75.0 Å². The molecule has 1 aromatic carbocycles. The van der Waals surface area contributed by atoms with Gasteiger partial charge in [-0.1, -0.05) is 13.8 Å². The zero-order valence-electron chi connectivity index (χ0n) is 20.0. The van der Waals surface area contributed by atoms with Crippen LogP contribution in [0.1, 0.15) is 57.1 Å². The van der Waals surface area contributed by atoms with Crippen molar-refractivity contribution >= 4 is 16.7 Å². The summed E-state index contributed by atoms with van der Waals surface area (Å²) in [6, 6.07) is 7.13. The number of imidazole rings is 1. The number of pyridine rings is 1. The SMILES string of the molecule is COc1cc(-c2cc3[nH]c(=O)n([C@H]4CC[C@@H](N(C)C)CC4)c3cc2C(C)C)cn2ncnc12. The topological polar surface area (TPSA) is 80.5 Å². The molecule has 5 rings (SSSR count). The van der Waals surface area contributed by atoms with Gasteiger partial charge in [0.15, 0.2) is 11.4 Å². The van der Waals surface area contributed by atoms with Crippen LogP contribution in [-0.2, 0) is 0 Å². The standard InChI is InChI=1S/C25H32N6O2/c1-15(2)19-12-22-21(28-25(32)31(22)18-8-6-17(7-9-18)29(3)4)11-20(19)16-10-23(33-5)24-26-14-27-30(24)13-16/h10-15,17-18H,6-9H2,1-5H3,(H,28,32)/t17-,18+. The van der Waals surface area contributed by atoms with E-state index in [4.69, 9.17) is 4.74 Å². The molecule has 8 heteroatoms. The van der Waals surface area contributed by atoms with Crippen LogP contribution in [0.3, 0.4) is 0 Å². The van der Waals surface area contributed by atoms with Crippen molar-refractivity contribution in [2.45, 2.75) is 57.5 Å². The summed E-state index contributed by atoms with van der Waals surface area (Å²) >= 11 is 0. The predicted molar refractivity (Wildman–Crippen MR) is 130 cm³/mol. The van der Waals surface area contributed by atoms with Crippen molar-refractivity contribution in [3.8, 4) is 16.9 Å². The Morgan fingerprint density at radius 1 is 1.15 bits per heavy atom. The van der Waals surface area contributed by atoms with E-state index in [1.165, 1.54) is 11.9 Å². The zero-order chi connectivity index (χ0) is 23.3. The van der Waals surface area contributed by atoms with Crippen molar-refractivity contribution < 1.29 is 4.74 Å². The molecule has 8 nitrogen and oxygen atoms in total. The highest BCUT2D eigenvalue weighted by atomic mass is 16.5. The first-order valence-electron chi connectivity index (χ1n) is 11.7. The van der Waals surface area contributed by atoms with E-state index < -0.39 is 0 Å². The first-order valence-corrected chi connectivity index (χ1v) is 11.7. The number of hydrogen-bond acceptors (Lipinski definition) is 5. The monoisotopic (exact) mass is 448 g/mol. The molecular formula is C25H32N6O2. The number of benzene rings is 1. The van der Waals surface area contributed by atoms with Crippen molar-refractivity contribution in [1.29, 1.82) is 0 Å². The molecule has 4 aromatic rings. The lowest BCUT2D eigenvalue weighted by molar-refractivity contribution is 0.195. The Morgan fingerprint density at radius 3 is 2.58 bits per heavy atom. The van der Waals surface area contributed by atoms with Crippen LogP contribution in [0.15, 0.2) is 35.5 Å². The van der Waals surface area contributed by atoms with Crippen LogP contribution in [-0.4, -0.2) is 56.3 Å². The first kappa shape index (κ1) is 21.7. The Labute approximate surface area is 193 Å². The molecule has 1 saturated carbocycles. The van der Waals surface area contributed by atoms with Crippen LogP contribution in [0.2, 0.25) is 0 Å². The summed E-state index contributed by atoms with van der Waals surface area (Å²) < 4.78 is 9.31. The Kier molecular flexibility index (Phi) is 5.48. The Balaban J connectivity index is 1.63. The summed E-state index contributed by atoms with van der Waals surface area (Å²) in [5, 5.41) is 4.31. The van der Waals surface area contributed by atoms with Gasteiger partial charge in [0.05, 0.1) is 18.1 Å². The number of aromatic amines is 1. The van der Waals surface area contributed by atoms with E-state index in [2.05, 4.69) is 60.0 Å². The van der Waals surface area contributed by atoms with Crippen LogP contribution >= 0.6 is 0 Å². The minimum absolute atomic E-state index is 0.0190. The molecule has 0 radical (unpaired) electrons. The molecule has 0 amide bonds. The number of hydrogen-bond donors (Lipinski definition) is 1. The number of fused-ring (bicyclic) bond motifs is 2. The highest BCUT2D eigenvalue weighted by molar-refractivity contribution is 5.85. The second-order valence-corrected chi connectivity index (χ2v) is 9.66. The smallest absolute Gasteiger partial charge is 0.326 e. The van der Waals surface area contributed by atoms with Gasteiger partial charge >= 0.3 is 5.69 Å². The fourth-order valence-corrected chi connectivity index (χ4v) is 5.30. The van der Waals surface area contributed by atoms with Crippen molar-refractivity contribution in [3.63, 3.8) is 0 Å². The summed E-state index contributed by atoms with van der Waals surface area (Å²) in [4.78, 5) is 22.8. The first-order chi connectivity index (χ1) is 15.9. The van der Waals surface area contributed by atoms with E-state index in [1.807, 2.05) is 16.8 Å². The third kappa shape index (κ3) is 3.72. The van der Waals surface area contributed by atoms with Crippen LogP contribution in [0.25, 0.3) is 27.8 Å². The van der Waals surface area contributed by atoms with Crippen molar-refractivity contribution in [3.05, 3.63) is 46.8 Å². The number of nitrogens with one attached hydrogen (secondary N) is 1. The number of methoxy groups -OCH3 is 1. The normalized spacial score (nSPS) is 19.2. The van der Waals surface area contributed by atoms with Gasteiger partial charge in [-0.15, -0.1) is 0 Å². The summed E-state index contributed by atoms with van der Waals surface area (Å²) in [5.74, 6) is 0.952. The van der Waals surface area contributed by atoms with E-state index >= 15 is 0 Å². The van der Waals surface area contributed by atoms with Gasteiger partial charge in [0.1, 0.15) is 6.33 Å². The van der Waals surface area contributed by atoms with Crippen molar-refractivity contribution in [1.82, 2.24) is 29.0 Å². The number of ether oxygens (including phenoxy) is 1. The molecule has 3 heterocycles. The van der Waals surface area contributed by atoms with E-state index in [9.17, 15) is 4.79 Å². The van der Waals surface area contributed by atoms with Crippen LogP contribution < -0.4 is 10.4 Å². The summed E-state index contributed by atoms with van der Waals surface area (Å²) in [6.07, 6.45) is 7.77. The maximum Gasteiger partial charge on any atom is 0.326 e. The molecule has 0 saturated heterocycles. The number of aromatic nitrogens is 5. The van der Waals surface area contributed by atoms with E-state index in [-0.39, 0.29) is 17.6 Å². The molecule has 0 aliphatic heterocycles. The molecule has 0 bridgehead atoms. The van der Waals surface area contributed by atoms with Gasteiger partial charge in [-0.25, -0.2) is 14.3 Å². The van der Waals surface area contributed by atoms with E-state index in [0.717, 1.165) is 47.8 Å². The lowest BCUT2D eigenvalue weighted by Gasteiger charge is -2.33. The van der Waals surface area contributed by atoms with Crippen molar-refractivity contribution in [2.75, 3.05) is 21.2 Å². The Hall–Kier alpha value is -3.13. The summed E-state index contributed by atoms with van der Waals surface area (Å²) in [5.41, 5.74) is 5.77. The Bertz CT molecular complexity index is 1350. The molecule has 0 unspecified atom stereocenters. The second kappa shape index (κ2) is 8.33. The molecule has 0 spiro atoms. The van der Waals surface area contributed by atoms with Gasteiger partial charge in [-0.2, -0.15) is 5.10 Å². The van der Waals surface area contributed by atoms with Crippen LogP contribution in [0, 0.1) is 0 Å².